The third-order valence-corrected chi connectivity index (χ3v) is 7.91. The van der Waals surface area contributed by atoms with Gasteiger partial charge in [0.2, 0.25) is 11.8 Å². The maximum atomic E-state index is 13.9. The number of nitrogens with two attached hydrogens (primary N) is 1. The molecule has 0 spiro atoms. The Hall–Kier alpha value is -4.50. The number of pyridine rings is 1. The van der Waals surface area contributed by atoms with Gasteiger partial charge in [-0.3, -0.25) is 9.59 Å². The molecule has 0 radical (unpaired) electrons. The minimum Gasteiger partial charge on any atom is -0.361 e. The smallest absolute Gasteiger partial charge is 0.245 e. The molecule has 2 amide bonds. The zero-order chi connectivity index (χ0) is 28.6. The molecule has 0 saturated carbocycles. The molecule has 0 aliphatic carbocycles. The minimum absolute atomic E-state index is 0.0942. The molecule has 0 bridgehead atoms. The molecule has 1 fully saturated rings. The molecule has 41 heavy (non-hydrogen) atoms. The number of imidazole rings is 1. The minimum atomic E-state index is -1.10. The number of likely N-dealkylation sites (tertiary alicyclic amines) is 1. The van der Waals surface area contributed by atoms with Crippen molar-refractivity contribution in [3.63, 3.8) is 0 Å². The normalized spacial score (nSPS) is 15.3. The van der Waals surface area contributed by atoms with E-state index in [4.69, 9.17) is 10.7 Å². The number of para-hydroxylation sites is 1. The van der Waals surface area contributed by atoms with Crippen molar-refractivity contribution in [1.82, 2.24) is 29.7 Å². The van der Waals surface area contributed by atoms with E-state index in [1.807, 2.05) is 65.7 Å². The first-order chi connectivity index (χ1) is 19.8. The first-order valence-electron chi connectivity index (χ1n) is 14.1. The second-order valence-electron chi connectivity index (χ2n) is 11.4. The van der Waals surface area contributed by atoms with Gasteiger partial charge in [-0.25, -0.2) is 9.97 Å². The Morgan fingerprint density at radius 3 is 2.54 bits per heavy atom. The summed E-state index contributed by atoms with van der Waals surface area (Å²) in [4.78, 5) is 41.6. The van der Waals surface area contributed by atoms with Crippen LogP contribution < -0.4 is 11.1 Å². The third kappa shape index (κ3) is 5.32. The first kappa shape index (κ1) is 26.7. The second-order valence-corrected chi connectivity index (χ2v) is 11.4. The molecular weight excluding hydrogens is 514 g/mol. The van der Waals surface area contributed by atoms with E-state index in [2.05, 4.69) is 32.0 Å². The largest absolute Gasteiger partial charge is 0.361 e. The number of benzene rings is 2. The number of nitrogens with zero attached hydrogens (tertiary/aromatic N) is 4. The zero-order valence-corrected chi connectivity index (χ0v) is 23.4. The SMILES string of the molecule is CC(C)(N)C(=O)NC(Cc1c[nH]c2ccccc12)C(=O)N1CCC(n2c(-c3ccccc3)nc3cccnc32)CC1. The van der Waals surface area contributed by atoms with Crippen LogP contribution in [0.2, 0.25) is 0 Å². The molecule has 4 heterocycles. The highest BCUT2D eigenvalue weighted by atomic mass is 16.2. The lowest BCUT2D eigenvalue weighted by Crippen LogP contribution is -2.57. The van der Waals surface area contributed by atoms with Crippen molar-refractivity contribution in [2.45, 2.75) is 50.7 Å². The third-order valence-electron chi connectivity index (χ3n) is 7.91. The van der Waals surface area contributed by atoms with Crippen LogP contribution in [0.3, 0.4) is 0 Å². The molecule has 1 unspecified atom stereocenters. The molecule has 9 heteroatoms. The van der Waals surface area contributed by atoms with E-state index in [1.165, 1.54) is 0 Å². The van der Waals surface area contributed by atoms with Crippen LogP contribution in [0.1, 0.15) is 38.3 Å². The summed E-state index contributed by atoms with van der Waals surface area (Å²) in [6.07, 6.45) is 5.59. The number of hydrogen-bond donors (Lipinski definition) is 3. The lowest BCUT2D eigenvalue weighted by Gasteiger charge is -2.36. The number of fused-ring (bicyclic) bond motifs is 2. The standard InChI is InChI=1S/C32H35N7O2/c1-32(2,33)31(41)37-27(19-22-20-35-25-12-7-6-11-24(22)25)30(40)38-17-14-23(15-18-38)39-28(21-9-4-3-5-10-21)36-26-13-8-16-34-29(26)39/h3-13,16,20,23,27,35H,14-15,17-19,33H2,1-2H3,(H,37,41). The maximum Gasteiger partial charge on any atom is 0.245 e. The highest BCUT2D eigenvalue weighted by molar-refractivity contribution is 5.92. The molecular formula is C32H35N7O2. The molecule has 1 aliphatic rings. The predicted molar refractivity (Wildman–Crippen MR) is 160 cm³/mol. The molecule has 5 aromatic rings. The molecule has 9 nitrogen and oxygen atoms in total. The Labute approximate surface area is 238 Å². The van der Waals surface area contributed by atoms with Crippen molar-refractivity contribution < 1.29 is 9.59 Å². The van der Waals surface area contributed by atoms with Crippen LogP contribution in [0, 0.1) is 0 Å². The van der Waals surface area contributed by atoms with E-state index in [0.29, 0.717) is 19.5 Å². The van der Waals surface area contributed by atoms with Gasteiger partial charge >= 0.3 is 0 Å². The number of aromatic nitrogens is 4. The lowest BCUT2D eigenvalue weighted by atomic mass is 9.99. The van der Waals surface area contributed by atoms with Gasteiger partial charge in [0.15, 0.2) is 5.65 Å². The summed E-state index contributed by atoms with van der Waals surface area (Å²) in [5, 5.41) is 4.00. The molecule has 210 valence electrons. The summed E-state index contributed by atoms with van der Waals surface area (Å²) in [6.45, 7) is 4.43. The fourth-order valence-electron chi connectivity index (χ4n) is 5.70. The van der Waals surface area contributed by atoms with Gasteiger partial charge in [0, 0.05) is 54.4 Å². The van der Waals surface area contributed by atoms with Gasteiger partial charge in [-0.1, -0.05) is 48.5 Å². The van der Waals surface area contributed by atoms with Crippen molar-refractivity contribution in [3.05, 3.63) is 84.7 Å². The van der Waals surface area contributed by atoms with Gasteiger partial charge in [0.1, 0.15) is 17.4 Å². The Morgan fingerprint density at radius 2 is 1.78 bits per heavy atom. The van der Waals surface area contributed by atoms with Crippen LogP contribution >= 0.6 is 0 Å². The van der Waals surface area contributed by atoms with Crippen molar-refractivity contribution in [3.8, 4) is 11.4 Å². The monoisotopic (exact) mass is 549 g/mol. The van der Waals surface area contributed by atoms with Crippen molar-refractivity contribution >= 4 is 33.9 Å². The van der Waals surface area contributed by atoms with E-state index in [1.54, 1.807) is 20.0 Å². The fraction of sp³-hybridized carbons (Fsp3) is 0.312. The Kier molecular flexibility index (Phi) is 7.05. The zero-order valence-electron chi connectivity index (χ0n) is 23.4. The summed E-state index contributed by atoms with van der Waals surface area (Å²) in [5.74, 6) is 0.441. The van der Waals surface area contributed by atoms with Crippen LogP contribution in [-0.4, -0.2) is 60.9 Å². The number of carbonyl (C=O) groups is 2. The predicted octanol–water partition coefficient (Wildman–Crippen LogP) is 4.21. The molecule has 2 aromatic carbocycles. The van der Waals surface area contributed by atoms with Gasteiger partial charge in [-0.05, 0) is 50.5 Å². The summed E-state index contributed by atoms with van der Waals surface area (Å²) >= 11 is 0. The van der Waals surface area contributed by atoms with Crippen molar-refractivity contribution in [2.75, 3.05) is 13.1 Å². The number of amides is 2. The van der Waals surface area contributed by atoms with Crippen LogP contribution in [-0.2, 0) is 16.0 Å². The molecule has 3 aromatic heterocycles. The van der Waals surface area contributed by atoms with Gasteiger partial charge in [0.05, 0.1) is 5.54 Å². The molecule has 1 aliphatic heterocycles. The summed E-state index contributed by atoms with van der Waals surface area (Å²) in [6, 6.07) is 21.4. The average molecular weight is 550 g/mol. The topological polar surface area (TPSA) is 122 Å². The van der Waals surface area contributed by atoms with Crippen molar-refractivity contribution in [1.29, 1.82) is 0 Å². The highest BCUT2D eigenvalue weighted by Crippen LogP contribution is 2.33. The number of nitrogens with one attached hydrogen (secondary N) is 2. The molecule has 1 atom stereocenters. The molecule has 1 saturated heterocycles. The van der Waals surface area contributed by atoms with E-state index in [0.717, 1.165) is 51.9 Å². The van der Waals surface area contributed by atoms with E-state index in [-0.39, 0.29) is 17.9 Å². The fourth-order valence-corrected chi connectivity index (χ4v) is 5.70. The molecule has 6 rings (SSSR count). The second kappa shape index (κ2) is 10.8. The van der Waals surface area contributed by atoms with Crippen LogP contribution in [0.4, 0.5) is 0 Å². The van der Waals surface area contributed by atoms with E-state index in [9.17, 15) is 9.59 Å². The summed E-state index contributed by atoms with van der Waals surface area (Å²) in [7, 11) is 0. The Morgan fingerprint density at radius 1 is 1.05 bits per heavy atom. The van der Waals surface area contributed by atoms with Crippen LogP contribution in [0.5, 0.6) is 0 Å². The maximum absolute atomic E-state index is 13.9. The Balaban J connectivity index is 1.24. The quantitative estimate of drug-likeness (QED) is 0.281. The van der Waals surface area contributed by atoms with E-state index < -0.39 is 11.6 Å². The first-order valence-corrected chi connectivity index (χ1v) is 14.1. The average Bonchev–Trinajstić information content (AvgIpc) is 3.58. The summed E-state index contributed by atoms with van der Waals surface area (Å²) in [5.41, 5.74) is 9.71. The Bertz CT molecular complexity index is 1690. The number of rotatable bonds is 7. The van der Waals surface area contributed by atoms with Crippen molar-refractivity contribution in [2.24, 2.45) is 5.73 Å². The number of carbonyl (C=O) groups excluding carboxylic acids is 2. The van der Waals surface area contributed by atoms with Crippen LogP contribution in [0.15, 0.2) is 79.1 Å². The summed E-state index contributed by atoms with van der Waals surface area (Å²) < 4.78 is 2.23. The van der Waals surface area contributed by atoms with Crippen LogP contribution in [0.25, 0.3) is 33.5 Å². The lowest BCUT2D eigenvalue weighted by molar-refractivity contribution is -0.138. The van der Waals surface area contributed by atoms with Gasteiger partial charge in [-0.15, -0.1) is 0 Å². The van der Waals surface area contributed by atoms with Gasteiger partial charge in [0.25, 0.3) is 0 Å². The highest BCUT2D eigenvalue weighted by Gasteiger charge is 2.34. The number of aromatic amines is 1. The number of hydrogen-bond acceptors (Lipinski definition) is 5. The molecule has 4 N–H and O–H groups in total. The van der Waals surface area contributed by atoms with Gasteiger partial charge < -0.3 is 25.5 Å². The number of piperidine rings is 1. The van der Waals surface area contributed by atoms with E-state index >= 15 is 0 Å². The number of H-pyrrole nitrogens is 1. The van der Waals surface area contributed by atoms with Gasteiger partial charge in [-0.2, -0.15) is 0 Å².